The largest absolute Gasteiger partial charge is 0.316 e. The molecule has 1 unspecified atom stereocenters. The zero-order valence-electron chi connectivity index (χ0n) is 10.4. The molecule has 0 radical (unpaired) electrons. The lowest BCUT2D eigenvalue weighted by Gasteiger charge is -2.42. The van der Waals surface area contributed by atoms with Gasteiger partial charge in [-0.1, -0.05) is 32.6 Å². The molecule has 0 heterocycles. The van der Waals surface area contributed by atoms with Crippen molar-refractivity contribution in [3.05, 3.63) is 0 Å². The van der Waals surface area contributed by atoms with E-state index in [1.54, 1.807) is 0 Å². The van der Waals surface area contributed by atoms with Crippen molar-refractivity contribution in [2.24, 2.45) is 0 Å². The number of hydrogen-bond donors (Lipinski definition) is 4. The van der Waals surface area contributed by atoms with E-state index in [4.69, 9.17) is 5.21 Å². The highest BCUT2D eigenvalue weighted by Crippen LogP contribution is 2.26. The van der Waals surface area contributed by atoms with E-state index in [0.29, 0.717) is 0 Å². The predicted octanol–water partition coefficient (Wildman–Crippen LogP) is 2.45. The summed E-state index contributed by atoms with van der Waals surface area (Å²) >= 11 is 0. The summed E-state index contributed by atoms with van der Waals surface area (Å²) in [7, 11) is 0. The average molecular weight is 218 g/mol. The molecule has 4 nitrogen and oxygen atoms in total. The van der Waals surface area contributed by atoms with Gasteiger partial charge in [-0.2, -0.15) is 11.0 Å². The van der Waals surface area contributed by atoms with E-state index >= 15 is 0 Å². The summed E-state index contributed by atoms with van der Waals surface area (Å²) in [5.41, 5.74) is 3.50. The van der Waals surface area contributed by atoms with Gasteiger partial charge in [-0.25, -0.2) is 0 Å². The van der Waals surface area contributed by atoms with Gasteiger partial charge < -0.3 is 10.4 Å². The van der Waals surface area contributed by atoms with Gasteiger partial charge in [0.05, 0.1) is 11.1 Å². The molecule has 0 fully saturated rings. The van der Waals surface area contributed by atoms with Gasteiger partial charge in [-0.3, -0.25) is 0 Å². The number of hydrogen-bond acceptors (Lipinski definition) is 4. The molecule has 0 amide bonds. The SMILES string of the molecule is CCCCCCC(C)(NO)C(C)(C)NO. The van der Waals surface area contributed by atoms with Crippen molar-refractivity contribution in [1.29, 1.82) is 0 Å². The van der Waals surface area contributed by atoms with Crippen LogP contribution in [0.1, 0.15) is 59.8 Å². The van der Waals surface area contributed by atoms with Crippen LogP contribution in [-0.4, -0.2) is 21.5 Å². The van der Waals surface area contributed by atoms with Crippen LogP contribution in [0, 0.1) is 0 Å². The Morgan fingerprint density at radius 3 is 1.93 bits per heavy atom. The van der Waals surface area contributed by atoms with Crippen molar-refractivity contribution in [2.45, 2.75) is 70.9 Å². The second kappa shape index (κ2) is 6.43. The van der Waals surface area contributed by atoms with Crippen molar-refractivity contribution in [2.75, 3.05) is 0 Å². The van der Waals surface area contributed by atoms with Gasteiger partial charge in [-0.05, 0) is 27.2 Å². The molecule has 0 spiro atoms. The lowest BCUT2D eigenvalue weighted by atomic mass is 9.78. The fraction of sp³-hybridized carbons (Fsp3) is 1.00. The van der Waals surface area contributed by atoms with Crippen LogP contribution in [0.15, 0.2) is 0 Å². The minimum absolute atomic E-state index is 0.518. The molecule has 4 N–H and O–H groups in total. The van der Waals surface area contributed by atoms with Crippen LogP contribution in [0.2, 0.25) is 0 Å². The molecular formula is C11H26N2O2. The first-order chi connectivity index (χ1) is 6.93. The molecule has 92 valence electrons. The number of unbranched alkanes of at least 4 members (excludes halogenated alkanes) is 3. The van der Waals surface area contributed by atoms with Gasteiger partial charge in [0, 0.05) is 0 Å². The molecule has 0 bridgehead atoms. The smallest absolute Gasteiger partial charge is 0.0599 e. The van der Waals surface area contributed by atoms with Gasteiger partial charge in [0.15, 0.2) is 0 Å². The lowest BCUT2D eigenvalue weighted by Crippen LogP contribution is -2.63. The molecule has 4 heteroatoms. The summed E-state index contributed by atoms with van der Waals surface area (Å²) < 4.78 is 0. The first-order valence-electron chi connectivity index (χ1n) is 5.76. The molecule has 1 atom stereocenters. The van der Waals surface area contributed by atoms with Crippen molar-refractivity contribution in [3.8, 4) is 0 Å². The summed E-state index contributed by atoms with van der Waals surface area (Å²) in [4.78, 5) is 0. The standard InChI is InChI=1S/C11H26N2O2/c1-5-6-7-8-9-11(4,13-15)10(2,3)12-14/h12-15H,5-9H2,1-4H3. The van der Waals surface area contributed by atoms with Crippen molar-refractivity contribution in [3.63, 3.8) is 0 Å². The van der Waals surface area contributed by atoms with Crippen LogP contribution < -0.4 is 11.0 Å². The fourth-order valence-corrected chi connectivity index (χ4v) is 1.54. The maximum Gasteiger partial charge on any atom is 0.0599 e. The Kier molecular flexibility index (Phi) is 6.36. The maximum atomic E-state index is 9.21. The predicted molar refractivity (Wildman–Crippen MR) is 61.1 cm³/mol. The van der Waals surface area contributed by atoms with Crippen molar-refractivity contribution in [1.82, 2.24) is 11.0 Å². The Balaban J connectivity index is 4.19. The van der Waals surface area contributed by atoms with E-state index in [0.717, 1.165) is 19.3 Å². The summed E-state index contributed by atoms with van der Waals surface area (Å²) in [6.07, 6.45) is 5.45. The first-order valence-corrected chi connectivity index (χ1v) is 5.76. The van der Waals surface area contributed by atoms with Crippen LogP contribution >= 0.6 is 0 Å². The van der Waals surface area contributed by atoms with E-state index in [-0.39, 0.29) is 0 Å². The van der Waals surface area contributed by atoms with Gasteiger partial charge in [0.25, 0.3) is 0 Å². The molecule has 0 aromatic rings. The lowest BCUT2D eigenvalue weighted by molar-refractivity contribution is -0.0421. The zero-order valence-corrected chi connectivity index (χ0v) is 10.4. The average Bonchev–Trinajstić information content (AvgIpc) is 2.23. The minimum atomic E-state index is -0.562. The Bertz CT molecular complexity index is 174. The van der Waals surface area contributed by atoms with Gasteiger partial charge >= 0.3 is 0 Å². The van der Waals surface area contributed by atoms with Crippen LogP contribution in [0.25, 0.3) is 0 Å². The second-order valence-corrected chi connectivity index (χ2v) is 4.99. The Morgan fingerprint density at radius 1 is 0.933 bits per heavy atom. The van der Waals surface area contributed by atoms with Gasteiger partial charge in [-0.15, -0.1) is 0 Å². The summed E-state index contributed by atoms with van der Waals surface area (Å²) in [5, 5.41) is 18.3. The van der Waals surface area contributed by atoms with E-state index in [9.17, 15) is 5.21 Å². The highest BCUT2D eigenvalue weighted by Gasteiger charge is 2.40. The van der Waals surface area contributed by atoms with Gasteiger partial charge in [0.2, 0.25) is 0 Å². The molecule has 0 aromatic heterocycles. The number of nitrogens with one attached hydrogen (secondary N) is 2. The molecule has 0 aliphatic carbocycles. The number of rotatable bonds is 8. The third-order valence-electron chi connectivity index (χ3n) is 3.44. The van der Waals surface area contributed by atoms with Crippen LogP contribution in [0.3, 0.4) is 0 Å². The Morgan fingerprint density at radius 2 is 1.53 bits per heavy atom. The minimum Gasteiger partial charge on any atom is -0.316 e. The molecule has 0 saturated carbocycles. The van der Waals surface area contributed by atoms with Crippen LogP contribution in [0.5, 0.6) is 0 Å². The Labute approximate surface area is 93.0 Å². The van der Waals surface area contributed by atoms with E-state index < -0.39 is 11.1 Å². The topological polar surface area (TPSA) is 64.5 Å². The zero-order chi connectivity index (χ0) is 11.9. The van der Waals surface area contributed by atoms with E-state index in [2.05, 4.69) is 17.9 Å². The molecule has 15 heavy (non-hydrogen) atoms. The third-order valence-corrected chi connectivity index (χ3v) is 3.44. The normalized spacial score (nSPS) is 16.4. The second-order valence-electron chi connectivity index (χ2n) is 4.99. The maximum absolute atomic E-state index is 9.21. The highest BCUT2D eigenvalue weighted by molar-refractivity contribution is 4.99. The van der Waals surface area contributed by atoms with E-state index in [1.807, 2.05) is 20.8 Å². The number of hydroxylamine groups is 2. The van der Waals surface area contributed by atoms with Crippen LogP contribution in [-0.2, 0) is 0 Å². The molecule has 0 rings (SSSR count). The fourth-order valence-electron chi connectivity index (χ4n) is 1.54. The summed E-state index contributed by atoms with van der Waals surface area (Å²) in [5.74, 6) is 0. The van der Waals surface area contributed by atoms with Crippen molar-refractivity contribution >= 4 is 0 Å². The van der Waals surface area contributed by atoms with E-state index in [1.165, 1.54) is 12.8 Å². The van der Waals surface area contributed by atoms with Crippen molar-refractivity contribution < 1.29 is 10.4 Å². The quantitative estimate of drug-likeness (QED) is 0.373. The summed E-state index contributed by atoms with van der Waals surface area (Å²) in [6, 6.07) is 0. The third kappa shape index (κ3) is 4.07. The highest BCUT2D eigenvalue weighted by atomic mass is 16.5. The monoisotopic (exact) mass is 218 g/mol. The Hall–Kier alpha value is -0.160. The summed E-state index contributed by atoms with van der Waals surface area (Å²) in [6.45, 7) is 7.79. The molecule has 0 aliphatic rings. The molecule has 0 aliphatic heterocycles. The first kappa shape index (κ1) is 14.8. The molecule has 0 aromatic carbocycles. The molecular weight excluding hydrogens is 192 g/mol. The van der Waals surface area contributed by atoms with Crippen LogP contribution in [0.4, 0.5) is 0 Å². The molecule has 0 saturated heterocycles. The van der Waals surface area contributed by atoms with Gasteiger partial charge in [0.1, 0.15) is 0 Å².